The predicted molar refractivity (Wildman–Crippen MR) is 111 cm³/mol. The molecule has 29 heavy (non-hydrogen) atoms. The van der Waals surface area contributed by atoms with Crippen molar-refractivity contribution in [3.05, 3.63) is 53.1 Å². The van der Waals surface area contributed by atoms with Gasteiger partial charge in [-0.1, -0.05) is 12.1 Å². The van der Waals surface area contributed by atoms with Gasteiger partial charge < -0.3 is 19.7 Å². The van der Waals surface area contributed by atoms with Crippen LogP contribution in [0, 0.1) is 11.3 Å². The zero-order valence-corrected chi connectivity index (χ0v) is 17.1. The number of nitriles is 1. The standard InChI is InChI=1S/C23H27N3O3/c1-3-28-21-13-18-10-12-26(15-19(18)14-22(21)29-4-2)16-23(27)25-20-7-5-17(6-8-20)9-11-24/h5-8,13-14H,3-4,9-10,12,15-16H2,1-2H3,(H,25,27)/p+1. The smallest absolute Gasteiger partial charge is 0.279 e. The first kappa shape index (κ1) is 20.7. The first-order chi connectivity index (χ1) is 14.1. The van der Waals surface area contributed by atoms with Crippen molar-refractivity contribution in [3.63, 3.8) is 0 Å². The summed E-state index contributed by atoms with van der Waals surface area (Å²) in [6.45, 7) is 7.23. The molecule has 1 heterocycles. The van der Waals surface area contributed by atoms with E-state index in [1.165, 1.54) is 16.0 Å². The minimum Gasteiger partial charge on any atom is -0.490 e. The third-order valence-electron chi connectivity index (χ3n) is 4.99. The van der Waals surface area contributed by atoms with E-state index in [1.54, 1.807) is 0 Å². The second-order valence-electron chi connectivity index (χ2n) is 7.12. The van der Waals surface area contributed by atoms with E-state index in [9.17, 15) is 4.79 Å². The van der Waals surface area contributed by atoms with Gasteiger partial charge in [0, 0.05) is 17.7 Å². The van der Waals surface area contributed by atoms with Crippen LogP contribution in [-0.4, -0.2) is 32.2 Å². The van der Waals surface area contributed by atoms with Gasteiger partial charge in [0.2, 0.25) is 0 Å². The molecule has 2 N–H and O–H groups in total. The van der Waals surface area contributed by atoms with Gasteiger partial charge in [-0.05, 0) is 49.2 Å². The average molecular weight is 394 g/mol. The predicted octanol–water partition coefficient (Wildman–Crippen LogP) is 2.13. The highest BCUT2D eigenvalue weighted by atomic mass is 16.5. The molecule has 2 aromatic carbocycles. The van der Waals surface area contributed by atoms with E-state index in [4.69, 9.17) is 14.7 Å². The van der Waals surface area contributed by atoms with Crippen molar-refractivity contribution in [2.45, 2.75) is 33.2 Å². The van der Waals surface area contributed by atoms with Crippen LogP contribution in [0.5, 0.6) is 11.5 Å². The molecule has 0 aliphatic carbocycles. The fraction of sp³-hybridized carbons (Fsp3) is 0.391. The van der Waals surface area contributed by atoms with Crippen LogP contribution < -0.4 is 19.7 Å². The fourth-order valence-corrected chi connectivity index (χ4v) is 3.63. The Morgan fingerprint density at radius 1 is 1.10 bits per heavy atom. The molecule has 1 aliphatic rings. The van der Waals surface area contributed by atoms with Crippen LogP contribution in [0.1, 0.15) is 30.5 Å². The lowest BCUT2D eigenvalue weighted by molar-refractivity contribution is -0.907. The van der Waals surface area contributed by atoms with Crippen LogP contribution in [0.15, 0.2) is 36.4 Å². The third kappa shape index (κ3) is 5.49. The number of ether oxygens (including phenoxy) is 2. The monoisotopic (exact) mass is 394 g/mol. The number of nitrogens with zero attached hydrogens (tertiary/aromatic N) is 1. The normalized spacial score (nSPS) is 15.1. The maximum atomic E-state index is 12.5. The highest BCUT2D eigenvalue weighted by molar-refractivity contribution is 5.91. The molecule has 3 rings (SSSR count). The number of carbonyl (C=O) groups excluding carboxylic acids is 1. The Balaban J connectivity index is 1.62. The maximum Gasteiger partial charge on any atom is 0.279 e. The van der Waals surface area contributed by atoms with Crippen LogP contribution in [-0.2, 0) is 24.2 Å². The van der Waals surface area contributed by atoms with Crippen molar-refractivity contribution in [3.8, 4) is 17.6 Å². The summed E-state index contributed by atoms with van der Waals surface area (Å²) in [6, 6.07) is 13.7. The number of anilines is 1. The molecule has 0 fully saturated rings. The Morgan fingerprint density at radius 3 is 2.38 bits per heavy atom. The molecule has 0 saturated carbocycles. The summed E-state index contributed by atoms with van der Waals surface area (Å²) >= 11 is 0. The number of fused-ring (bicyclic) bond motifs is 1. The van der Waals surface area contributed by atoms with Gasteiger partial charge in [0.1, 0.15) is 6.54 Å². The lowest BCUT2D eigenvalue weighted by atomic mass is 9.98. The summed E-state index contributed by atoms with van der Waals surface area (Å²) < 4.78 is 11.5. The quantitative estimate of drug-likeness (QED) is 0.719. The van der Waals surface area contributed by atoms with E-state index in [2.05, 4.69) is 23.5 Å². The van der Waals surface area contributed by atoms with E-state index in [0.29, 0.717) is 26.2 Å². The number of carbonyl (C=O) groups is 1. The summed E-state index contributed by atoms with van der Waals surface area (Å²) in [7, 11) is 0. The maximum absolute atomic E-state index is 12.5. The molecule has 0 spiro atoms. The molecule has 6 nitrogen and oxygen atoms in total. The van der Waals surface area contributed by atoms with Gasteiger partial charge in [0.05, 0.1) is 32.2 Å². The van der Waals surface area contributed by atoms with Crippen molar-refractivity contribution in [1.29, 1.82) is 5.26 Å². The number of nitrogens with one attached hydrogen (secondary N) is 2. The molecule has 1 atom stereocenters. The summed E-state index contributed by atoms with van der Waals surface area (Å²) in [5.41, 5.74) is 4.19. The van der Waals surface area contributed by atoms with E-state index in [0.717, 1.165) is 42.3 Å². The number of amides is 1. The Bertz CT molecular complexity index is 887. The molecular formula is C23H28N3O3+. The van der Waals surface area contributed by atoms with E-state index in [1.807, 2.05) is 38.1 Å². The zero-order valence-electron chi connectivity index (χ0n) is 17.1. The van der Waals surface area contributed by atoms with Gasteiger partial charge in [0.15, 0.2) is 18.0 Å². The van der Waals surface area contributed by atoms with Gasteiger partial charge in [-0.25, -0.2) is 0 Å². The first-order valence-electron chi connectivity index (χ1n) is 10.1. The minimum absolute atomic E-state index is 0.00699. The molecule has 1 aliphatic heterocycles. The number of benzene rings is 2. The van der Waals surface area contributed by atoms with Crippen molar-refractivity contribution >= 4 is 11.6 Å². The molecular weight excluding hydrogens is 366 g/mol. The van der Waals surface area contributed by atoms with Crippen LogP contribution in [0.25, 0.3) is 0 Å². The lowest BCUT2D eigenvalue weighted by Gasteiger charge is -2.26. The topological polar surface area (TPSA) is 75.8 Å². The van der Waals surface area contributed by atoms with Crippen LogP contribution in [0.4, 0.5) is 5.69 Å². The summed E-state index contributed by atoms with van der Waals surface area (Å²) in [6.07, 6.45) is 1.29. The van der Waals surface area contributed by atoms with Crippen LogP contribution in [0.3, 0.4) is 0 Å². The van der Waals surface area contributed by atoms with Crippen LogP contribution >= 0.6 is 0 Å². The van der Waals surface area contributed by atoms with Crippen molar-refractivity contribution < 1.29 is 19.2 Å². The third-order valence-corrected chi connectivity index (χ3v) is 4.99. The van der Waals surface area contributed by atoms with Gasteiger partial charge in [-0.2, -0.15) is 5.26 Å². The number of quaternary nitrogens is 1. The van der Waals surface area contributed by atoms with E-state index >= 15 is 0 Å². The first-order valence-corrected chi connectivity index (χ1v) is 10.1. The minimum atomic E-state index is -0.00699. The molecule has 0 bridgehead atoms. The number of hydrogen-bond donors (Lipinski definition) is 2. The van der Waals surface area contributed by atoms with Gasteiger partial charge in [0.25, 0.3) is 5.91 Å². The SMILES string of the molecule is CCOc1cc2c(cc1OCC)C[NH+](CC(=O)Nc1ccc(CC#N)cc1)CC2. The number of hydrogen-bond acceptors (Lipinski definition) is 4. The van der Waals surface area contributed by atoms with Crippen molar-refractivity contribution in [2.75, 3.05) is 31.6 Å². The molecule has 6 heteroatoms. The van der Waals surface area contributed by atoms with E-state index < -0.39 is 0 Å². The molecule has 1 unspecified atom stereocenters. The molecule has 2 aromatic rings. The molecule has 0 radical (unpaired) electrons. The highest BCUT2D eigenvalue weighted by Crippen LogP contribution is 2.32. The summed E-state index contributed by atoms with van der Waals surface area (Å²) in [5, 5.41) is 11.7. The molecule has 152 valence electrons. The zero-order chi connectivity index (χ0) is 20.6. The Labute approximate surface area is 172 Å². The van der Waals surface area contributed by atoms with Gasteiger partial charge in [-0.3, -0.25) is 4.79 Å². The number of rotatable bonds is 8. The Morgan fingerprint density at radius 2 is 1.76 bits per heavy atom. The summed E-state index contributed by atoms with van der Waals surface area (Å²) in [4.78, 5) is 13.7. The Kier molecular flexibility index (Phi) is 7.09. The van der Waals surface area contributed by atoms with Crippen LogP contribution in [0.2, 0.25) is 0 Å². The molecule has 1 amide bonds. The largest absolute Gasteiger partial charge is 0.490 e. The van der Waals surface area contributed by atoms with Crippen molar-refractivity contribution in [2.24, 2.45) is 0 Å². The van der Waals surface area contributed by atoms with Gasteiger partial charge in [-0.15, -0.1) is 0 Å². The lowest BCUT2D eigenvalue weighted by Crippen LogP contribution is -3.12. The average Bonchev–Trinajstić information content (AvgIpc) is 2.70. The highest BCUT2D eigenvalue weighted by Gasteiger charge is 2.24. The van der Waals surface area contributed by atoms with E-state index in [-0.39, 0.29) is 5.91 Å². The summed E-state index contributed by atoms with van der Waals surface area (Å²) in [5.74, 6) is 1.57. The van der Waals surface area contributed by atoms with Gasteiger partial charge >= 0.3 is 0 Å². The second-order valence-corrected chi connectivity index (χ2v) is 7.12. The fourth-order valence-electron chi connectivity index (χ4n) is 3.63. The second kappa shape index (κ2) is 9.94. The molecule has 0 saturated heterocycles. The van der Waals surface area contributed by atoms with Crippen molar-refractivity contribution in [1.82, 2.24) is 0 Å². The Hall–Kier alpha value is -3.04. The molecule has 0 aromatic heterocycles.